The van der Waals surface area contributed by atoms with Crippen molar-refractivity contribution >= 4 is 34.3 Å². The number of methoxy groups -OCH3 is 3. The number of aromatic nitrogens is 2. The standard InChI is InChI=1S/C39H43ClN4O6/c1-42(39(46)29-22-34(47-2)37(49-4)35(23-29)48-3)24-28(26-11-13-30(40)14-12-26)17-20-43-18-15-27(16-19-43)36(45)38-41-32-9-5-6-10-33(32)44(38)25-31-8-7-21-50-31/h5-14,21-23,27-28H,15-20,24-25H2,1-4H3. The topological polar surface area (TPSA) is 99.3 Å². The van der Waals surface area contributed by atoms with Gasteiger partial charge in [-0.15, -0.1) is 0 Å². The van der Waals surface area contributed by atoms with Crippen molar-refractivity contribution in [1.29, 1.82) is 0 Å². The number of imidazole rings is 1. The Kier molecular flexibility index (Phi) is 11.1. The van der Waals surface area contributed by atoms with E-state index in [-0.39, 0.29) is 23.5 Å². The van der Waals surface area contributed by atoms with E-state index < -0.39 is 0 Å². The first-order chi connectivity index (χ1) is 24.3. The number of amides is 1. The fourth-order valence-electron chi connectivity index (χ4n) is 6.86. The van der Waals surface area contributed by atoms with E-state index in [1.165, 1.54) is 21.3 Å². The molecule has 50 heavy (non-hydrogen) atoms. The number of Topliss-reactive ketones (excluding diaryl/α,β-unsaturated/α-hetero) is 1. The molecule has 1 aliphatic rings. The van der Waals surface area contributed by atoms with Crippen molar-refractivity contribution in [2.24, 2.45) is 5.92 Å². The Hall–Kier alpha value is -4.80. The lowest BCUT2D eigenvalue weighted by Gasteiger charge is -2.33. The van der Waals surface area contributed by atoms with Gasteiger partial charge in [-0.2, -0.15) is 0 Å². The van der Waals surface area contributed by atoms with Crippen LogP contribution in [0, 0.1) is 5.92 Å². The number of ether oxygens (including phenoxy) is 3. The van der Waals surface area contributed by atoms with Crippen LogP contribution in [0.2, 0.25) is 5.02 Å². The molecule has 3 aromatic carbocycles. The highest BCUT2D eigenvalue weighted by molar-refractivity contribution is 6.30. The van der Waals surface area contributed by atoms with Crippen LogP contribution in [0.4, 0.5) is 0 Å². The van der Waals surface area contributed by atoms with Crippen LogP contribution in [-0.4, -0.2) is 85.6 Å². The molecule has 11 heteroatoms. The molecule has 2 aromatic heterocycles. The van der Waals surface area contributed by atoms with Gasteiger partial charge in [0.1, 0.15) is 5.76 Å². The summed E-state index contributed by atoms with van der Waals surface area (Å²) in [7, 11) is 6.41. The normalized spacial score (nSPS) is 14.4. The summed E-state index contributed by atoms with van der Waals surface area (Å²) >= 11 is 6.24. The van der Waals surface area contributed by atoms with Crippen LogP contribution in [0.15, 0.2) is 83.5 Å². The molecule has 0 aliphatic carbocycles. The van der Waals surface area contributed by atoms with E-state index in [9.17, 15) is 9.59 Å². The quantitative estimate of drug-likeness (QED) is 0.112. The lowest BCUT2D eigenvalue weighted by molar-refractivity contribution is 0.0778. The molecule has 262 valence electrons. The zero-order valence-corrected chi connectivity index (χ0v) is 29.7. The molecule has 3 heterocycles. The summed E-state index contributed by atoms with van der Waals surface area (Å²) in [5, 5.41) is 0.666. The van der Waals surface area contributed by atoms with Crippen molar-refractivity contribution in [3.8, 4) is 17.2 Å². The molecule has 1 fully saturated rings. The van der Waals surface area contributed by atoms with Crippen molar-refractivity contribution in [1.82, 2.24) is 19.4 Å². The lowest BCUT2D eigenvalue weighted by atomic mass is 9.90. The Labute approximate surface area is 297 Å². The van der Waals surface area contributed by atoms with Gasteiger partial charge in [-0.05, 0) is 93.0 Å². The molecule has 0 radical (unpaired) electrons. The molecule has 1 aliphatic heterocycles. The number of furan rings is 1. The number of likely N-dealkylation sites (tertiary alicyclic amines) is 1. The van der Waals surface area contributed by atoms with E-state index >= 15 is 0 Å². The number of hydrogen-bond acceptors (Lipinski definition) is 8. The van der Waals surface area contributed by atoms with Gasteiger partial charge in [0, 0.05) is 36.0 Å². The number of rotatable bonds is 14. The third-order valence-electron chi connectivity index (χ3n) is 9.62. The Bertz CT molecular complexity index is 1890. The summed E-state index contributed by atoms with van der Waals surface area (Å²) in [5.41, 5.74) is 3.29. The van der Waals surface area contributed by atoms with Crippen LogP contribution in [0.5, 0.6) is 17.2 Å². The van der Waals surface area contributed by atoms with Crippen molar-refractivity contribution in [3.63, 3.8) is 0 Å². The Morgan fingerprint density at radius 2 is 1.66 bits per heavy atom. The molecule has 1 atom stereocenters. The molecule has 1 unspecified atom stereocenters. The molecule has 1 amide bonds. The molecule has 5 aromatic rings. The Balaban J connectivity index is 1.12. The number of carbonyl (C=O) groups is 2. The van der Waals surface area contributed by atoms with Crippen LogP contribution < -0.4 is 14.2 Å². The number of piperidine rings is 1. The number of halogens is 1. The SMILES string of the molecule is COc1cc(C(=O)N(C)CC(CCN2CCC(C(=O)c3nc4ccccc4n3Cc3ccco3)CC2)c2ccc(Cl)cc2)cc(OC)c1OC. The van der Waals surface area contributed by atoms with Crippen LogP contribution in [0.3, 0.4) is 0 Å². The van der Waals surface area contributed by atoms with E-state index in [1.807, 2.05) is 72.3 Å². The van der Waals surface area contributed by atoms with Gasteiger partial charge in [-0.3, -0.25) is 9.59 Å². The minimum absolute atomic E-state index is 0.0594. The minimum atomic E-state index is -0.152. The molecule has 1 saturated heterocycles. The molecule has 6 rings (SSSR count). The number of ketones is 1. The van der Waals surface area contributed by atoms with Crippen molar-refractivity contribution in [2.45, 2.75) is 31.7 Å². The number of carbonyl (C=O) groups excluding carboxylic acids is 2. The third-order valence-corrected chi connectivity index (χ3v) is 9.87. The molecular formula is C39H43ClN4O6. The number of likely N-dealkylation sites (N-methyl/N-ethyl adjacent to an activating group) is 1. The first-order valence-electron chi connectivity index (χ1n) is 16.8. The second-order valence-electron chi connectivity index (χ2n) is 12.7. The van der Waals surface area contributed by atoms with Gasteiger partial charge < -0.3 is 33.0 Å². The summed E-state index contributed by atoms with van der Waals surface area (Å²) in [6.45, 7) is 3.40. The van der Waals surface area contributed by atoms with Crippen LogP contribution in [-0.2, 0) is 6.54 Å². The summed E-state index contributed by atoms with van der Waals surface area (Å²) in [6.07, 6.45) is 3.99. The maximum Gasteiger partial charge on any atom is 0.253 e. The lowest BCUT2D eigenvalue weighted by Crippen LogP contribution is -2.38. The fraction of sp³-hybridized carbons (Fsp3) is 0.359. The van der Waals surface area contributed by atoms with Gasteiger partial charge in [-0.1, -0.05) is 35.9 Å². The number of benzene rings is 3. The summed E-state index contributed by atoms with van der Waals surface area (Å²) < 4.78 is 24.0. The fourth-order valence-corrected chi connectivity index (χ4v) is 6.98. The van der Waals surface area contributed by atoms with Crippen LogP contribution in [0.25, 0.3) is 11.0 Å². The second-order valence-corrected chi connectivity index (χ2v) is 13.1. The van der Waals surface area contributed by atoms with Gasteiger partial charge >= 0.3 is 0 Å². The van der Waals surface area contributed by atoms with E-state index in [0.717, 1.165) is 61.3 Å². The average molecular weight is 699 g/mol. The molecule has 0 bridgehead atoms. The number of fused-ring (bicyclic) bond motifs is 1. The smallest absolute Gasteiger partial charge is 0.253 e. The van der Waals surface area contributed by atoms with Gasteiger partial charge in [-0.25, -0.2) is 4.98 Å². The first-order valence-corrected chi connectivity index (χ1v) is 17.2. The minimum Gasteiger partial charge on any atom is -0.493 e. The van der Waals surface area contributed by atoms with Crippen LogP contribution in [0.1, 0.15) is 57.5 Å². The highest BCUT2D eigenvalue weighted by Crippen LogP contribution is 2.38. The summed E-state index contributed by atoms with van der Waals surface area (Å²) in [5.74, 6) is 2.44. The average Bonchev–Trinajstić information content (AvgIpc) is 3.81. The Morgan fingerprint density at radius 3 is 2.30 bits per heavy atom. The molecular weight excluding hydrogens is 656 g/mol. The largest absolute Gasteiger partial charge is 0.493 e. The molecule has 0 saturated carbocycles. The van der Waals surface area contributed by atoms with E-state index in [2.05, 4.69) is 4.90 Å². The maximum atomic E-state index is 13.9. The maximum absolute atomic E-state index is 13.9. The predicted molar refractivity (Wildman–Crippen MR) is 193 cm³/mol. The number of para-hydroxylation sites is 2. The first kappa shape index (κ1) is 35.0. The van der Waals surface area contributed by atoms with Gasteiger partial charge in [0.25, 0.3) is 5.91 Å². The second kappa shape index (κ2) is 15.8. The number of nitrogens with zero attached hydrogens (tertiary/aromatic N) is 4. The highest BCUT2D eigenvalue weighted by atomic mass is 35.5. The van der Waals surface area contributed by atoms with E-state index in [4.69, 9.17) is 35.2 Å². The van der Waals surface area contributed by atoms with Crippen LogP contribution >= 0.6 is 11.6 Å². The molecule has 0 spiro atoms. The van der Waals surface area contributed by atoms with Crippen molar-refractivity contribution in [2.75, 3.05) is 54.6 Å². The monoisotopic (exact) mass is 698 g/mol. The highest BCUT2D eigenvalue weighted by Gasteiger charge is 2.30. The van der Waals surface area contributed by atoms with Gasteiger partial charge in [0.05, 0.1) is 45.2 Å². The van der Waals surface area contributed by atoms with Gasteiger partial charge in [0.2, 0.25) is 11.5 Å². The number of hydrogen-bond donors (Lipinski definition) is 0. The van der Waals surface area contributed by atoms with E-state index in [1.54, 1.807) is 23.3 Å². The molecule has 0 N–H and O–H groups in total. The Morgan fingerprint density at radius 1 is 0.960 bits per heavy atom. The molecule has 10 nitrogen and oxygen atoms in total. The third kappa shape index (κ3) is 7.66. The van der Waals surface area contributed by atoms with Crippen molar-refractivity contribution < 1.29 is 28.2 Å². The van der Waals surface area contributed by atoms with Crippen molar-refractivity contribution in [3.05, 3.63) is 107 Å². The zero-order chi connectivity index (χ0) is 35.2. The van der Waals surface area contributed by atoms with E-state index in [0.29, 0.717) is 46.7 Å². The zero-order valence-electron chi connectivity index (χ0n) is 28.9. The van der Waals surface area contributed by atoms with Gasteiger partial charge in [0.15, 0.2) is 17.3 Å². The summed E-state index contributed by atoms with van der Waals surface area (Å²) in [6, 6.07) is 22.8. The summed E-state index contributed by atoms with van der Waals surface area (Å²) in [4.78, 5) is 36.5. The predicted octanol–water partition coefficient (Wildman–Crippen LogP) is 7.20.